The van der Waals surface area contributed by atoms with Crippen LogP contribution in [0.3, 0.4) is 0 Å². The number of aromatic nitrogens is 2. The van der Waals surface area contributed by atoms with Gasteiger partial charge in [-0.3, -0.25) is 4.79 Å². The number of amides is 1. The van der Waals surface area contributed by atoms with E-state index in [0.29, 0.717) is 18.8 Å². The highest BCUT2D eigenvalue weighted by Crippen LogP contribution is 2.37. The number of rotatable bonds is 4. The Hall–Kier alpha value is -2.34. The van der Waals surface area contributed by atoms with Crippen molar-refractivity contribution in [3.63, 3.8) is 0 Å². The molecule has 1 aliphatic heterocycles. The lowest BCUT2D eigenvalue weighted by atomic mass is 9.76. The minimum Gasteiger partial charge on any atom is -0.377 e. The molecular weight excluding hydrogens is 328 g/mol. The highest BCUT2D eigenvalue weighted by Gasteiger charge is 2.30. The molecule has 1 aromatic carbocycles. The van der Waals surface area contributed by atoms with Crippen molar-refractivity contribution in [3.05, 3.63) is 40.7 Å². The fourth-order valence-electron chi connectivity index (χ4n) is 3.87. The number of nitrogens with one attached hydrogen (secondary N) is 1. The maximum atomic E-state index is 11.8. The average Bonchev–Trinajstić information content (AvgIpc) is 2.85. The zero-order valence-corrected chi connectivity index (χ0v) is 15.6. The number of hydrogen-bond donors (Lipinski definition) is 2. The molecule has 26 heavy (non-hydrogen) atoms. The van der Waals surface area contributed by atoms with Crippen molar-refractivity contribution in [2.45, 2.75) is 46.1 Å². The number of fused-ring (bicyclic) bond motifs is 1. The molecule has 0 radical (unpaired) electrons. The number of carbonyl (C=O) groups excluding carboxylic acids is 1. The molecule has 0 atom stereocenters. The maximum Gasteiger partial charge on any atom is 0.250 e. The van der Waals surface area contributed by atoms with Crippen LogP contribution >= 0.6 is 0 Å². The van der Waals surface area contributed by atoms with Gasteiger partial charge < -0.3 is 15.8 Å². The van der Waals surface area contributed by atoms with E-state index >= 15 is 0 Å². The molecule has 138 valence electrons. The molecule has 6 nitrogen and oxygen atoms in total. The van der Waals surface area contributed by atoms with E-state index in [2.05, 4.69) is 26.1 Å². The summed E-state index contributed by atoms with van der Waals surface area (Å²) < 4.78 is 7.27. The zero-order valence-electron chi connectivity index (χ0n) is 15.6. The Morgan fingerprint density at radius 3 is 2.81 bits per heavy atom. The van der Waals surface area contributed by atoms with E-state index in [-0.39, 0.29) is 11.5 Å². The first kappa shape index (κ1) is 17.1. The van der Waals surface area contributed by atoms with Crippen LogP contribution in [-0.4, -0.2) is 34.9 Å². The molecule has 1 aliphatic carbocycles. The number of ether oxygens (including phenoxy) is 1. The van der Waals surface area contributed by atoms with Gasteiger partial charge in [0.1, 0.15) is 0 Å². The molecule has 0 spiro atoms. The van der Waals surface area contributed by atoms with E-state index in [1.807, 2.05) is 16.8 Å². The number of carbonyl (C=O) groups is 1. The fourth-order valence-corrected chi connectivity index (χ4v) is 3.87. The lowest BCUT2D eigenvalue weighted by Crippen LogP contribution is -2.40. The summed E-state index contributed by atoms with van der Waals surface area (Å²) in [7, 11) is 0. The van der Waals surface area contributed by atoms with E-state index in [1.165, 1.54) is 17.7 Å². The Kier molecular flexibility index (Phi) is 4.03. The third-order valence-electron chi connectivity index (χ3n) is 5.50. The van der Waals surface area contributed by atoms with Crippen molar-refractivity contribution >= 4 is 11.6 Å². The van der Waals surface area contributed by atoms with Crippen LogP contribution in [0, 0.1) is 12.3 Å². The normalized spacial score (nSPS) is 18.9. The molecule has 0 bridgehead atoms. The number of hydrogen-bond acceptors (Lipinski definition) is 4. The third-order valence-corrected chi connectivity index (χ3v) is 5.50. The molecule has 2 heterocycles. The van der Waals surface area contributed by atoms with E-state index in [4.69, 9.17) is 15.6 Å². The van der Waals surface area contributed by atoms with Crippen LogP contribution < -0.4 is 11.1 Å². The molecule has 1 fully saturated rings. The zero-order chi connectivity index (χ0) is 18.5. The van der Waals surface area contributed by atoms with Crippen LogP contribution in [0.5, 0.6) is 0 Å². The largest absolute Gasteiger partial charge is 0.377 e. The third kappa shape index (κ3) is 2.98. The lowest BCUT2D eigenvalue weighted by Gasteiger charge is -2.30. The number of aryl methyl sites for hydroxylation is 1. The fraction of sp³-hybridized carbons (Fsp3) is 0.500. The molecule has 2 aromatic rings. The Labute approximate surface area is 153 Å². The summed E-state index contributed by atoms with van der Waals surface area (Å²) in [5.41, 5.74) is 11.8. The second-order valence-electron chi connectivity index (χ2n) is 8.24. The number of benzene rings is 1. The minimum absolute atomic E-state index is 0.218. The second kappa shape index (κ2) is 6.13. The van der Waals surface area contributed by atoms with E-state index < -0.39 is 5.91 Å². The summed E-state index contributed by atoms with van der Waals surface area (Å²) >= 11 is 0. The van der Waals surface area contributed by atoms with E-state index in [9.17, 15) is 4.79 Å². The van der Waals surface area contributed by atoms with Gasteiger partial charge in [-0.05, 0) is 55.4 Å². The first-order chi connectivity index (χ1) is 12.3. The van der Waals surface area contributed by atoms with E-state index in [1.54, 1.807) is 6.07 Å². The average molecular weight is 354 g/mol. The minimum atomic E-state index is -0.431. The monoisotopic (exact) mass is 354 g/mol. The smallest absolute Gasteiger partial charge is 0.250 e. The van der Waals surface area contributed by atoms with Crippen LogP contribution in [0.15, 0.2) is 18.2 Å². The van der Waals surface area contributed by atoms with Crippen molar-refractivity contribution in [1.29, 1.82) is 0 Å². The quantitative estimate of drug-likeness (QED) is 0.884. The SMILES string of the molecule is Cc1nn(-c2ccc(C(N)=O)c(NC3COC3)c2)c2c1CCC(C)(C)C2. The Morgan fingerprint density at radius 2 is 2.15 bits per heavy atom. The van der Waals surface area contributed by atoms with Gasteiger partial charge in [0.05, 0.1) is 36.2 Å². The van der Waals surface area contributed by atoms with Crippen molar-refractivity contribution in [3.8, 4) is 5.69 Å². The van der Waals surface area contributed by atoms with Gasteiger partial charge in [0.15, 0.2) is 0 Å². The number of nitrogens with two attached hydrogens (primary N) is 1. The molecule has 1 amide bonds. The van der Waals surface area contributed by atoms with Gasteiger partial charge in [0, 0.05) is 11.4 Å². The molecule has 0 saturated carbocycles. The summed E-state index contributed by atoms with van der Waals surface area (Å²) in [6, 6.07) is 5.91. The van der Waals surface area contributed by atoms with Crippen molar-refractivity contribution in [1.82, 2.24) is 9.78 Å². The summed E-state index contributed by atoms with van der Waals surface area (Å²) in [6.07, 6.45) is 3.25. The van der Waals surface area contributed by atoms with Gasteiger partial charge in [0.25, 0.3) is 5.91 Å². The highest BCUT2D eigenvalue weighted by molar-refractivity contribution is 5.99. The Bertz CT molecular complexity index is 865. The van der Waals surface area contributed by atoms with Gasteiger partial charge in [-0.25, -0.2) is 4.68 Å². The summed E-state index contributed by atoms with van der Waals surface area (Å²) in [5, 5.41) is 8.18. The lowest BCUT2D eigenvalue weighted by molar-refractivity contribution is 0.0211. The summed E-state index contributed by atoms with van der Waals surface area (Å²) in [4.78, 5) is 11.8. The molecule has 3 N–H and O–H groups in total. The molecule has 1 saturated heterocycles. The number of primary amides is 1. The van der Waals surface area contributed by atoms with Gasteiger partial charge in [-0.2, -0.15) is 5.10 Å². The predicted molar refractivity (Wildman–Crippen MR) is 101 cm³/mol. The van der Waals surface area contributed by atoms with Crippen molar-refractivity contribution in [2.24, 2.45) is 11.1 Å². The van der Waals surface area contributed by atoms with Crippen LogP contribution in [0.2, 0.25) is 0 Å². The standard InChI is InChI=1S/C20H26N4O2/c1-12-15-6-7-20(2,3)9-18(15)24(23-12)14-4-5-16(19(21)25)17(8-14)22-13-10-26-11-13/h4-5,8,13,22H,6-7,9-11H2,1-3H3,(H2,21,25). The van der Waals surface area contributed by atoms with Crippen LogP contribution in [0.25, 0.3) is 5.69 Å². The molecular formula is C20H26N4O2. The predicted octanol–water partition coefficient (Wildman–Crippen LogP) is 2.61. The number of nitrogens with zero attached hydrogens (tertiary/aromatic N) is 2. The molecule has 4 rings (SSSR count). The van der Waals surface area contributed by atoms with E-state index in [0.717, 1.165) is 29.9 Å². The Balaban J connectivity index is 1.76. The topological polar surface area (TPSA) is 82.2 Å². The Morgan fingerprint density at radius 1 is 1.38 bits per heavy atom. The van der Waals surface area contributed by atoms with Crippen molar-refractivity contribution in [2.75, 3.05) is 18.5 Å². The highest BCUT2D eigenvalue weighted by atomic mass is 16.5. The summed E-state index contributed by atoms with van der Waals surface area (Å²) in [5.74, 6) is -0.431. The van der Waals surface area contributed by atoms with Crippen molar-refractivity contribution < 1.29 is 9.53 Å². The van der Waals surface area contributed by atoms with Crippen LogP contribution in [-0.2, 0) is 17.6 Å². The van der Waals surface area contributed by atoms with Gasteiger partial charge >= 0.3 is 0 Å². The maximum absolute atomic E-state index is 11.8. The molecule has 1 aromatic heterocycles. The van der Waals surface area contributed by atoms with Crippen LogP contribution in [0.1, 0.15) is 47.6 Å². The number of anilines is 1. The first-order valence-electron chi connectivity index (χ1n) is 9.20. The van der Waals surface area contributed by atoms with Gasteiger partial charge in [-0.1, -0.05) is 13.8 Å². The molecule has 0 unspecified atom stereocenters. The molecule has 2 aliphatic rings. The van der Waals surface area contributed by atoms with Crippen LogP contribution in [0.4, 0.5) is 5.69 Å². The van der Waals surface area contributed by atoms with Gasteiger partial charge in [0.2, 0.25) is 0 Å². The second-order valence-corrected chi connectivity index (χ2v) is 8.24. The van der Waals surface area contributed by atoms with Gasteiger partial charge in [-0.15, -0.1) is 0 Å². The first-order valence-corrected chi connectivity index (χ1v) is 9.20. The summed E-state index contributed by atoms with van der Waals surface area (Å²) in [6.45, 7) is 7.99. The molecule has 6 heteroatoms.